The molecular formula is C23H34F3N5O4. The van der Waals surface area contributed by atoms with E-state index in [1.165, 1.54) is 24.4 Å². The molecule has 1 rings (SSSR count). The smallest absolute Gasteiger partial charge is 0.454 e. The van der Waals surface area contributed by atoms with Gasteiger partial charge in [-0.15, -0.1) is 0 Å². The molecule has 35 heavy (non-hydrogen) atoms. The molecule has 0 aliphatic heterocycles. The second-order valence-electron chi connectivity index (χ2n) is 8.11. The van der Waals surface area contributed by atoms with Gasteiger partial charge in [0.05, 0.1) is 17.8 Å². The number of hydrogen-bond donors (Lipinski definition) is 1. The van der Waals surface area contributed by atoms with Crippen LogP contribution in [0.15, 0.2) is 31.0 Å². The summed E-state index contributed by atoms with van der Waals surface area (Å²) in [6.45, 7) is 7.50. The van der Waals surface area contributed by atoms with Crippen molar-refractivity contribution in [2.24, 2.45) is 0 Å². The van der Waals surface area contributed by atoms with Gasteiger partial charge in [-0.3, -0.25) is 14.6 Å². The number of nitrogens with zero attached hydrogens (tertiary/aromatic N) is 4. The summed E-state index contributed by atoms with van der Waals surface area (Å²) in [6.07, 6.45) is -3.20. The topological polar surface area (TPSA) is 95.1 Å². The Morgan fingerprint density at radius 2 is 1.89 bits per heavy atom. The molecule has 9 nitrogen and oxygen atoms in total. The van der Waals surface area contributed by atoms with E-state index >= 15 is 0 Å². The third kappa shape index (κ3) is 10.9. The Balaban J connectivity index is 2.60. The van der Waals surface area contributed by atoms with Crippen molar-refractivity contribution >= 4 is 17.8 Å². The van der Waals surface area contributed by atoms with E-state index in [1.54, 1.807) is 4.90 Å². The highest BCUT2D eigenvalue weighted by atomic mass is 19.4. The van der Waals surface area contributed by atoms with Crippen molar-refractivity contribution in [2.75, 3.05) is 53.9 Å². The summed E-state index contributed by atoms with van der Waals surface area (Å²) < 4.78 is 42.8. The van der Waals surface area contributed by atoms with Crippen LogP contribution in [0.5, 0.6) is 0 Å². The van der Waals surface area contributed by atoms with Gasteiger partial charge < -0.3 is 24.8 Å². The molecule has 196 valence electrons. The van der Waals surface area contributed by atoms with Gasteiger partial charge in [0, 0.05) is 52.4 Å². The summed E-state index contributed by atoms with van der Waals surface area (Å²) in [4.78, 5) is 44.5. The number of aromatic nitrogens is 1. The first-order chi connectivity index (χ1) is 16.4. The van der Waals surface area contributed by atoms with E-state index in [9.17, 15) is 27.6 Å². The summed E-state index contributed by atoms with van der Waals surface area (Å²) in [6, 6.07) is 2.94. The van der Waals surface area contributed by atoms with E-state index in [2.05, 4.69) is 16.9 Å². The number of pyridine rings is 1. The van der Waals surface area contributed by atoms with Crippen LogP contribution in [0.4, 0.5) is 13.2 Å². The van der Waals surface area contributed by atoms with Crippen LogP contribution in [0.3, 0.4) is 0 Å². The first-order valence-electron chi connectivity index (χ1n) is 11.1. The molecule has 1 aromatic heterocycles. The number of nitrogens with one attached hydrogen (secondary N) is 1. The van der Waals surface area contributed by atoms with Crippen LogP contribution in [0.25, 0.3) is 0 Å². The minimum atomic E-state index is -4.97. The zero-order chi connectivity index (χ0) is 26.6. The molecule has 0 aliphatic rings. The number of esters is 1. The van der Waals surface area contributed by atoms with Gasteiger partial charge in [0.15, 0.2) is 0 Å². The number of ether oxygens (including phenoxy) is 1. The fourth-order valence-electron chi connectivity index (χ4n) is 2.96. The second kappa shape index (κ2) is 14.4. The second-order valence-corrected chi connectivity index (χ2v) is 8.11. The highest BCUT2D eigenvalue weighted by molar-refractivity contribution is 5.89. The Labute approximate surface area is 203 Å². The molecule has 0 radical (unpaired) electrons. The van der Waals surface area contributed by atoms with Gasteiger partial charge >= 0.3 is 18.1 Å². The number of hydrogen-bond acceptors (Lipinski definition) is 7. The van der Waals surface area contributed by atoms with Gasteiger partial charge in [-0.05, 0) is 33.2 Å². The summed E-state index contributed by atoms with van der Waals surface area (Å²) in [7, 11) is 4.89. The number of rotatable bonds is 14. The first kappa shape index (κ1) is 30.0. The van der Waals surface area contributed by atoms with Crippen LogP contribution < -0.4 is 5.32 Å². The monoisotopic (exact) mass is 501 g/mol. The summed E-state index contributed by atoms with van der Waals surface area (Å²) in [5.41, 5.74) is 0.699. The van der Waals surface area contributed by atoms with Gasteiger partial charge in [0.1, 0.15) is 6.10 Å². The molecule has 0 saturated carbocycles. The predicted molar refractivity (Wildman–Crippen MR) is 124 cm³/mol. The lowest BCUT2D eigenvalue weighted by atomic mass is 10.2. The Morgan fingerprint density at radius 3 is 2.46 bits per heavy atom. The minimum Gasteiger partial charge on any atom is -0.454 e. The van der Waals surface area contributed by atoms with E-state index in [0.717, 1.165) is 13.6 Å². The average Bonchev–Trinajstić information content (AvgIpc) is 2.80. The number of alkyl halides is 3. The third-order valence-electron chi connectivity index (χ3n) is 5.05. The largest absolute Gasteiger partial charge is 0.471 e. The van der Waals surface area contributed by atoms with Crippen molar-refractivity contribution in [2.45, 2.75) is 32.2 Å². The lowest BCUT2D eigenvalue weighted by Gasteiger charge is -2.23. The van der Waals surface area contributed by atoms with Gasteiger partial charge in [-0.25, -0.2) is 4.79 Å². The molecule has 0 saturated heterocycles. The molecule has 0 bridgehead atoms. The predicted octanol–water partition coefficient (Wildman–Crippen LogP) is 1.70. The van der Waals surface area contributed by atoms with E-state index in [1.807, 2.05) is 25.9 Å². The van der Waals surface area contributed by atoms with Crippen molar-refractivity contribution in [3.63, 3.8) is 0 Å². The maximum atomic E-state index is 12.5. The molecule has 0 spiro atoms. The number of halogens is 3. The average molecular weight is 502 g/mol. The molecule has 1 unspecified atom stereocenters. The minimum absolute atomic E-state index is 0.0447. The molecule has 1 heterocycles. The normalized spacial score (nSPS) is 12.2. The number of carbonyl (C=O) groups is 3. The van der Waals surface area contributed by atoms with Crippen molar-refractivity contribution < 1.29 is 32.3 Å². The van der Waals surface area contributed by atoms with Gasteiger partial charge in [0.2, 0.25) is 5.91 Å². The standard InChI is InChI=1S/C23H34F3N5O4/c1-6-19(9-11-30(5)22(34)23(24,25)26)35-21(33)17-8-10-28-18(14-17)15-27-16-20(32)31(7-2)13-12-29(3)4/h6,8,10,14,19,27H,1,7,9,11-13,15-16H2,2-5H3. The van der Waals surface area contributed by atoms with E-state index in [4.69, 9.17) is 4.74 Å². The van der Waals surface area contributed by atoms with Gasteiger partial charge in [0.25, 0.3) is 0 Å². The molecule has 2 amide bonds. The van der Waals surface area contributed by atoms with Crippen LogP contribution in [0.2, 0.25) is 0 Å². The molecule has 0 aliphatic carbocycles. The van der Waals surface area contributed by atoms with Crippen LogP contribution in [-0.2, 0) is 20.9 Å². The Hall–Kier alpha value is -2.99. The molecular weight excluding hydrogens is 467 g/mol. The zero-order valence-electron chi connectivity index (χ0n) is 20.6. The fraction of sp³-hybridized carbons (Fsp3) is 0.565. The van der Waals surface area contributed by atoms with Crippen LogP contribution in [0.1, 0.15) is 29.4 Å². The highest BCUT2D eigenvalue weighted by Gasteiger charge is 2.41. The van der Waals surface area contributed by atoms with E-state index < -0.39 is 24.2 Å². The van der Waals surface area contributed by atoms with E-state index in [-0.39, 0.29) is 37.5 Å². The molecule has 1 N–H and O–H groups in total. The Morgan fingerprint density at radius 1 is 1.20 bits per heavy atom. The molecule has 12 heteroatoms. The molecule has 1 aromatic rings. The lowest BCUT2D eigenvalue weighted by Crippen LogP contribution is -2.41. The maximum Gasteiger partial charge on any atom is 0.471 e. The lowest BCUT2D eigenvalue weighted by molar-refractivity contribution is -0.184. The van der Waals surface area contributed by atoms with Gasteiger partial charge in [-0.2, -0.15) is 13.2 Å². The van der Waals surface area contributed by atoms with Crippen molar-refractivity contribution in [3.05, 3.63) is 42.2 Å². The van der Waals surface area contributed by atoms with Crippen LogP contribution in [0, 0.1) is 0 Å². The molecule has 1 atom stereocenters. The quantitative estimate of drug-likeness (QED) is 0.306. The Bertz CT molecular complexity index is 864. The fourth-order valence-corrected chi connectivity index (χ4v) is 2.96. The van der Waals surface area contributed by atoms with Crippen molar-refractivity contribution in [3.8, 4) is 0 Å². The summed E-state index contributed by atoms with van der Waals surface area (Å²) in [5.74, 6) is -2.73. The van der Waals surface area contributed by atoms with Crippen LogP contribution >= 0.6 is 0 Å². The molecule has 0 fully saturated rings. The first-order valence-corrected chi connectivity index (χ1v) is 11.1. The number of likely N-dealkylation sites (N-methyl/N-ethyl adjacent to an activating group) is 2. The van der Waals surface area contributed by atoms with Crippen molar-refractivity contribution in [1.29, 1.82) is 0 Å². The SMILES string of the molecule is C=CC(CCN(C)C(=O)C(F)(F)F)OC(=O)c1ccnc(CNCC(=O)N(CC)CCN(C)C)c1. The third-order valence-corrected chi connectivity index (χ3v) is 5.05. The maximum absolute atomic E-state index is 12.5. The summed E-state index contributed by atoms with van der Waals surface area (Å²) >= 11 is 0. The Kier molecular flexibility index (Phi) is 12.4. The van der Waals surface area contributed by atoms with Gasteiger partial charge in [-0.1, -0.05) is 12.7 Å². The zero-order valence-corrected chi connectivity index (χ0v) is 20.6. The highest BCUT2D eigenvalue weighted by Crippen LogP contribution is 2.18. The van der Waals surface area contributed by atoms with Crippen LogP contribution in [-0.4, -0.2) is 104 Å². The number of carbonyl (C=O) groups excluding carboxylic acids is 3. The molecule has 0 aromatic carbocycles. The number of amides is 2. The van der Waals surface area contributed by atoms with Crippen molar-refractivity contribution in [1.82, 2.24) is 25.0 Å². The summed E-state index contributed by atoms with van der Waals surface area (Å²) in [5, 5.41) is 3.01. The van der Waals surface area contributed by atoms with E-state index in [0.29, 0.717) is 23.7 Å².